The van der Waals surface area contributed by atoms with Gasteiger partial charge in [0.05, 0.1) is 6.54 Å². The fourth-order valence-corrected chi connectivity index (χ4v) is 2.92. The molecule has 3 rings (SSSR count). The Morgan fingerprint density at radius 3 is 3.05 bits per heavy atom. The van der Waals surface area contributed by atoms with Crippen LogP contribution in [0.1, 0.15) is 43.1 Å². The second-order valence-corrected chi connectivity index (χ2v) is 6.39. The van der Waals surface area contributed by atoms with Crippen molar-refractivity contribution in [3.63, 3.8) is 0 Å². The van der Waals surface area contributed by atoms with Crippen LogP contribution in [0.4, 0.5) is 0 Å². The maximum atomic E-state index is 6.13. The molecule has 0 spiro atoms. The van der Waals surface area contributed by atoms with Gasteiger partial charge in [-0.1, -0.05) is 42.7 Å². The number of nitrogens with zero attached hydrogens (tertiary/aromatic N) is 3. The fourth-order valence-electron chi connectivity index (χ4n) is 2.73. The first-order valence-corrected chi connectivity index (χ1v) is 8.04. The molecule has 1 aliphatic rings. The summed E-state index contributed by atoms with van der Waals surface area (Å²) in [4.78, 5) is 6.86. The summed E-state index contributed by atoms with van der Waals surface area (Å²) in [6.07, 6.45) is 0. The second kappa shape index (κ2) is 6.77. The third-order valence-corrected chi connectivity index (χ3v) is 4.15. The normalized spacial score (nSPS) is 19.7. The lowest BCUT2D eigenvalue weighted by atomic mass is 10.0. The molecule has 1 aliphatic heterocycles. The van der Waals surface area contributed by atoms with Gasteiger partial charge >= 0.3 is 0 Å². The molecule has 0 radical (unpaired) electrons. The van der Waals surface area contributed by atoms with Crippen LogP contribution in [-0.2, 0) is 6.54 Å². The molecule has 1 N–H and O–H groups in total. The molecule has 0 amide bonds. The molecular weight excluding hydrogens is 300 g/mol. The van der Waals surface area contributed by atoms with Gasteiger partial charge in [0.2, 0.25) is 5.89 Å². The zero-order chi connectivity index (χ0) is 15.5. The Balaban J connectivity index is 1.77. The molecule has 1 fully saturated rings. The van der Waals surface area contributed by atoms with E-state index < -0.39 is 0 Å². The Kier molecular flexibility index (Phi) is 4.76. The van der Waals surface area contributed by atoms with Crippen molar-refractivity contribution in [2.75, 3.05) is 19.6 Å². The van der Waals surface area contributed by atoms with E-state index in [4.69, 9.17) is 16.1 Å². The minimum Gasteiger partial charge on any atom is -0.339 e. The Labute approximate surface area is 135 Å². The quantitative estimate of drug-likeness (QED) is 0.938. The Bertz CT molecular complexity index is 628. The van der Waals surface area contributed by atoms with Crippen molar-refractivity contribution in [3.8, 4) is 0 Å². The second-order valence-electron chi connectivity index (χ2n) is 5.95. The summed E-state index contributed by atoms with van der Waals surface area (Å²) in [5, 5.41) is 8.31. The Hall–Kier alpha value is -1.43. The predicted octanol–water partition coefficient (Wildman–Crippen LogP) is 2.99. The molecule has 2 heterocycles. The molecule has 1 aromatic heterocycles. The minimum absolute atomic E-state index is 0.257. The van der Waals surface area contributed by atoms with Crippen LogP contribution in [0.15, 0.2) is 28.8 Å². The number of hydrogen-bond donors (Lipinski definition) is 1. The monoisotopic (exact) mass is 320 g/mol. The third kappa shape index (κ3) is 3.48. The summed E-state index contributed by atoms with van der Waals surface area (Å²) in [5.41, 5.74) is 1.22. The van der Waals surface area contributed by atoms with Gasteiger partial charge in [-0.05, 0) is 17.7 Å². The van der Waals surface area contributed by atoms with Crippen LogP contribution in [-0.4, -0.2) is 34.7 Å². The van der Waals surface area contributed by atoms with E-state index in [1.165, 1.54) is 5.56 Å². The van der Waals surface area contributed by atoms with Crippen LogP contribution in [0.2, 0.25) is 5.02 Å². The van der Waals surface area contributed by atoms with Gasteiger partial charge in [-0.25, -0.2) is 0 Å². The summed E-state index contributed by atoms with van der Waals surface area (Å²) in [6, 6.07) is 8.32. The third-order valence-electron chi connectivity index (χ3n) is 3.91. The standard InChI is InChI=1S/C16H21ClN4O/c1-11(2)16-19-15(20-22-16)10-21-7-6-18-9-14(21)12-4-3-5-13(17)8-12/h3-5,8,11,14,18H,6-7,9-10H2,1-2H3. The average Bonchev–Trinajstić information content (AvgIpc) is 2.97. The summed E-state index contributed by atoms with van der Waals surface area (Å²) >= 11 is 6.13. The molecule has 0 saturated carbocycles. The maximum absolute atomic E-state index is 6.13. The van der Waals surface area contributed by atoms with Gasteiger partial charge in [-0.3, -0.25) is 4.90 Å². The van der Waals surface area contributed by atoms with E-state index in [0.29, 0.717) is 12.4 Å². The summed E-state index contributed by atoms with van der Waals surface area (Å²) in [7, 11) is 0. The van der Waals surface area contributed by atoms with Gasteiger partial charge in [0.15, 0.2) is 5.82 Å². The average molecular weight is 321 g/mol. The first-order valence-electron chi connectivity index (χ1n) is 7.66. The number of rotatable bonds is 4. The van der Waals surface area contributed by atoms with Crippen molar-refractivity contribution < 1.29 is 4.52 Å². The van der Waals surface area contributed by atoms with E-state index in [0.717, 1.165) is 30.5 Å². The van der Waals surface area contributed by atoms with Gasteiger partial charge in [-0.2, -0.15) is 4.98 Å². The van der Waals surface area contributed by atoms with Gasteiger partial charge in [0, 0.05) is 36.6 Å². The highest BCUT2D eigenvalue weighted by Crippen LogP contribution is 2.26. The molecule has 118 valence electrons. The van der Waals surface area contributed by atoms with Crippen LogP contribution in [0.5, 0.6) is 0 Å². The predicted molar refractivity (Wildman–Crippen MR) is 85.9 cm³/mol. The summed E-state index contributed by atoms with van der Waals surface area (Å²) < 4.78 is 5.30. The molecule has 0 aliphatic carbocycles. The molecule has 5 nitrogen and oxygen atoms in total. The first kappa shape index (κ1) is 15.5. The first-order chi connectivity index (χ1) is 10.6. The zero-order valence-corrected chi connectivity index (χ0v) is 13.7. The highest BCUT2D eigenvalue weighted by molar-refractivity contribution is 6.30. The van der Waals surface area contributed by atoms with Crippen molar-refractivity contribution in [1.29, 1.82) is 0 Å². The molecule has 1 unspecified atom stereocenters. The Morgan fingerprint density at radius 2 is 2.32 bits per heavy atom. The molecule has 22 heavy (non-hydrogen) atoms. The van der Waals surface area contributed by atoms with Crippen LogP contribution < -0.4 is 5.32 Å². The summed E-state index contributed by atoms with van der Waals surface area (Å²) in [6.45, 7) is 7.60. The highest BCUT2D eigenvalue weighted by Gasteiger charge is 2.25. The van der Waals surface area contributed by atoms with E-state index in [1.807, 2.05) is 18.2 Å². The van der Waals surface area contributed by atoms with E-state index in [-0.39, 0.29) is 12.0 Å². The van der Waals surface area contributed by atoms with Crippen LogP contribution in [0.25, 0.3) is 0 Å². The number of nitrogens with one attached hydrogen (secondary N) is 1. The highest BCUT2D eigenvalue weighted by atomic mass is 35.5. The van der Waals surface area contributed by atoms with Crippen LogP contribution in [0, 0.1) is 0 Å². The number of benzene rings is 1. The molecule has 6 heteroatoms. The SMILES string of the molecule is CC(C)c1nc(CN2CCNCC2c2cccc(Cl)c2)no1. The van der Waals surface area contributed by atoms with Gasteiger partial charge in [0.25, 0.3) is 0 Å². The van der Waals surface area contributed by atoms with Crippen molar-refractivity contribution in [2.24, 2.45) is 0 Å². The lowest BCUT2D eigenvalue weighted by molar-refractivity contribution is 0.148. The fraction of sp³-hybridized carbons (Fsp3) is 0.500. The molecular formula is C16H21ClN4O. The van der Waals surface area contributed by atoms with Gasteiger partial charge in [0.1, 0.15) is 0 Å². The van der Waals surface area contributed by atoms with E-state index in [1.54, 1.807) is 0 Å². The largest absolute Gasteiger partial charge is 0.339 e. The van der Waals surface area contributed by atoms with Gasteiger partial charge in [-0.15, -0.1) is 0 Å². The number of halogens is 1. The number of hydrogen-bond acceptors (Lipinski definition) is 5. The topological polar surface area (TPSA) is 54.2 Å². The molecule has 2 aromatic rings. The molecule has 1 saturated heterocycles. The number of aromatic nitrogens is 2. The van der Waals surface area contributed by atoms with Crippen molar-refractivity contribution in [1.82, 2.24) is 20.4 Å². The van der Waals surface area contributed by atoms with E-state index in [2.05, 4.69) is 40.3 Å². The van der Waals surface area contributed by atoms with Gasteiger partial charge < -0.3 is 9.84 Å². The zero-order valence-electron chi connectivity index (χ0n) is 12.9. The van der Waals surface area contributed by atoms with Crippen molar-refractivity contribution >= 4 is 11.6 Å². The van der Waals surface area contributed by atoms with Crippen LogP contribution in [0.3, 0.4) is 0 Å². The smallest absolute Gasteiger partial charge is 0.229 e. The minimum atomic E-state index is 0.257. The van der Waals surface area contributed by atoms with Crippen LogP contribution >= 0.6 is 11.6 Å². The summed E-state index contributed by atoms with van der Waals surface area (Å²) in [5.74, 6) is 1.70. The maximum Gasteiger partial charge on any atom is 0.229 e. The van der Waals surface area contributed by atoms with E-state index >= 15 is 0 Å². The number of piperazine rings is 1. The lowest BCUT2D eigenvalue weighted by Crippen LogP contribution is -2.45. The van der Waals surface area contributed by atoms with E-state index in [9.17, 15) is 0 Å². The molecule has 1 aromatic carbocycles. The molecule has 1 atom stereocenters. The Morgan fingerprint density at radius 1 is 1.45 bits per heavy atom. The van der Waals surface area contributed by atoms with Crippen molar-refractivity contribution in [3.05, 3.63) is 46.6 Å². The lowest BCUT2D eigenvalue weighted by Gasteiger charge is -2.35. The van der Waals surface area contributed by atoms with Crippen molar-refractivity contribution in [2.45, 2.75) is 32.4 Å². The molecule has 0 bridgehead atoms.